The van der Waals surface area contributed by atoms with Crippen LogP contribution in [0.25, 0.3) is 0 Å². The summed E-state index contributed by atoms with van der Waals surface area (Å²) in [7, 11) is 0. The molecule has 4 nitrogen and oxygen atoms in total. The van der Waals surface area contributed by atoms with E-state index in [4.69, 9.17) is 9.47 Å². The van der Waals surface area contributed by atoms with Crippen LogP contribution in [0.15, 0.2) is 30.3 Å². The van der Waals surface area contributed by atoms with E-state index in [1.807, 2.05) is 32.0 Å². The molecule has 19 heavy (non-hydrogen) atoms. The van der Waals surface area contributed by atoms with Crippen LogP contribution in [0.5, 0.6) is 0 Å². The molecule has 2 saturated heterocycles. The van der Waals surface area contributed by atoms with Crippen LogP contribution < -0.4 is 0 Å². The lowest BCUT2D eigenvalue weighted by molar-refractivity contribution is -0.163. The molecule has 3 rings (SSSR count). The predicted molar refractivity (Wildman–Crippen MR) is 71.6 cm³/mol. The fraction of sp³-hybridized carbons (Fsp3) is 0.600. The topological polar surface area (TPSA) is 41.9 Å². The highest BCUT2D eigenvalue weighted by Crippen LogP contribution is 2.37. The third kappa shape index (κ3) is 2.54. The molecule has 0 saturated carbocycles. The molecule has 104 valence electrons. The first-order chi connectivity index (χ1) is 9.09. The van der Waals surface area contributed by atoms with Gasteiger partial charge >= 0.3 is 0 Å². The average molecular weight is 263 g/mol. The Hall–Kier alpha value is -0.940. The molecule has 2 fully saturated rings. The number of ether oxygens (including phenoxy) is 2. The van der Waals surface area contributed by atoms with Gasteiger partial charge in [0.1, 0.15) is 12.2 Å². The van der Waals surface area contributed by atoms with Gasteiger partial charge in [-0.3, -0.25) is 4.90 Å². The maximum atomic E-state index is 9.65. The third-order valence-corrected chi connectivity index (χ3v) is 3.90. The zero-order valence-corrected chi connectivity index (χ0v) is 11.5. The Morgan fingerprint density at radius 3 is 2.68 bits per heavy atom. The van der Waals surface area contributed by atoms with E-state index in [2.05, 4.69) is 17.0 Å². The Morgan fingerprint density at radius 2 is 2.00 bits per heavy atom. The summed E-state index contributed by atoms with van der Waals surface area (Å²) < 4.78 is 11.8. The number of fused-ring (bicyclic) bond motifs is 1. The number of hydrogen-bond acceptors (Lipinski definition) is 4. The van der Waals surface area contributed by atoms with Crippen LogP contribution in [0, 0.1) is 0 Å². The molecule has 2 unspecified atom stereocenters. The summed E-state index contributed by atoms with van der Waals surface area (Å²) in [5.41, 5.74) is 1.25. The van der Waals surface area contributed by atoms with Crippen LogP contribution in [0.3, 0.4) is 0 Å². The predicted octanol–water partition coefficient (Wildman–Crippen LogP) is 1.38. The van der Waals surface area contributed by atoms with Crippen LogP contribution in [0.2, 0.25) is 0 Å². The maximum Gasteiger partial charge on any atom is 0.163 e. The van der Waals surface area contributed by atoms with Gasteiger partial charge in [0.25, 0.3) is 0 Å². The summed E-state index contributed by atoms with van der Waals surface area (Å²) in [6.45, 7) is 5.61. The summed E-state index contributed by atoms with van der Waals surface area (Å²) in [5.74, 6) is -0.526. The van der Waals surface area contributed by atoms with Gasteiger partial charge in [-0.15, -0.1) is 0 Å². The summed E-state index contributed by atoms with van der Waals surface area (Å²) in [6, 6.07) is 10.3. The molecule has 1 aromatic carbocycles. The van der Waals surface area contributed by atoms with Crippen molar-refractivity contribution in [1.29, 1.82) is 0 Å². The first-order valence-corrected chi connectivity index (χ1v) is 6.83. The van der Waals surface area contributed by atoms with Crippen LogP contribution in [-0.4, -0.2) is 47.2 Å². The first kappa shape index (κ1) is 13.1. The van der Waals surface area contributed by atoms with Gasteiger partial charge in [-0.2, -0.15) is 0 Å². The zero-order valence-electron chi connectivity index (χ0n) is 11.5. The Bertz CT molecular complexity index is 434. The van der Waals surface area contributed by atoms with Gasteiger partial charge in [-0.05, 0) is 19.4 Å². The minimum atomic E-state index is -0.526. The fourth-order valence-corrected chi connectivity index (χ4v) is 3.12. The van der Waals surface area contributed by atoms with Gasteiger partial charge in [0.15, 0.2) is 5.79 Å². The second-order valence-electron chi connectivity index (χ2n) is 5.80. The normalized spacial score (nSPS) is 33.5. The largest absolute Gasteiger partial charge is 0.395 e. The maximum absolute atomic E-state index is 9.65. The smallest absolute Gasteiger partial charge is 0.163 e. The number of hydrogen-bond donors (Lipinski definition) is 1. The van der Waals surface area contributed by atoms with Crippen molar-refractivity contribution in [2.45, 2.75) is 44.4 Å². The lowest BCUT2D eigenvalue weighted by atomic mass is 10.1. The molecule has 0 aliphatic carbocycles. The molecular formula is C15H21NO3. The molecule has 0 bridgehead atoms. The Kier molecular flexibility index (Phi) is 3.35. The lowest BCUT2D eigenvalue weighted by Gasteiger charge is -2.28. The number of nitrogens with zero attached hydrogens (tertiary/aromatic N) is 1. The number of rotatable bonds is 3. The van der Waals surface area contributed by atoms with Crippen LogP contribution in [-0.2, 0) is 16.0 Å². The fourth-order valence-electron chi connectivity index (χ4n) is 3.12. The van der Waals surface area contributed by atoms with Crippen molar-refractivity contribution >= 4 is 0 Å². The zero-order chi connectivity index (χ0) is 13.5. The summed E-state index contributed by atoms with van der Waals surface area (Å²) in [6.07, 6.45) is 0.0413. The van der Waals surface area contributed by atoms with Crippen molar-refractivity contribution in [3.05, 3.63) is 35.9 Å². The van der Waals surface area contributed by atoms with Crippen LogP contribution in [0.1, 0.15) is 19.4 Å². The molecule has 0 amide bonds. The molecule has 0 aromatic heterocycles. The number of likely N-dealkylation sites (tertiary alicyclic amines) is 1. The van der Waals surface area contributed by atoms with Crippen molar-refractivity contribution in [1.82, 2.24) is 4.90 Å². The molecular weight excluding hydrogens is 242 g/mol. The SMILES string of the molecule is CC1(C)OC2CN(Cc3ccccc3)[C@H](CO)C2O1. The molecule has 1 aromatic rings. The Labute approximate surface area is 113 Å². The Morgan fingerprint density at radius 1 is 1.26 bits per heavy atom. The molecule has 0 radical (unpaired) electrons. The standard InChI is InChI=1S/C15H21NO3/c1-15(2)18-13-9-16(12(10-17)14(13)19-15)8-11-6-4-3-5-7-11/h3-7,12-14,17H,8-10H2,1-2H3/t12-,13?,14?/m1/s1. The highest BCUT2D eigenvalue weighted by atomic mass is 16.8. The van der Waals surface area contributed by atoms with Crippen molar-refractivity contribution in [3.63, 3.8) is 0 Å². The van der Waals surface area contributed by atoms with E-state index in [-0.39, 0.29) is 24.9 Å². The minimum Gasteiger partial charge on any atom is -0.395 e. The number of aliphatic hydroxyl groups is 1. The molecule has 4 heteroatoms. The van der Waals surface area contributed by atoms with E-state index < -0.39 is 5.79 Å². The highest BCUT2D eigenvalue weighted by Gasteiger charge is 2.51. The minimum absolute atomic E-state index is 0.0204. The van der Waals surface area contributed by atoms with Gasteiger partial charge < -0.3 is 14.6 Å². The van der Waals surface area contributed by atoms with E-state index in [0.29, 0.717) is 0 Å². The summed E-state index contributed by atoms with van der Waals surface area (Å²) in [5, 5.41) is 9.65. The molecule has 2 heterocycles. The molecule has 0 spiro atoms. The summed E-state index contributed by atoms with van der Waals surface area (Å²) >= 11 is 0. The first-order valence-electron chi connectivity index (χ1n) is 6.83. The van der Waals surface area contributed by atoms with Gasteiger partial charge in [0.05, 0.1) is 12.6 Å². The average Bonchev–Trinajstić information content (AvgIpc) is 2.81. The van der Waals surface area contributed by atoms with Gasteiger partial charge in [0.2, 0.25) is 0 Å². The van der Waals surface area contributed by atoms with Crippen molar-refractivity contribution < 1.29 is 14.6 Å². The van der Waals surface area contributed by atoms with Crippen molar-refractivity contribution in [2.75, 3.05) is 13.2 Å². The highest BCUT2D eigenvalue weighted by molar-refractivity contribution is 5.15. The third-order valence-electron chi connectivity index (χ3n) is 3.90. The van der Waals surface area contributed by atoms with Crippen LogP contribution >= 0.6 is 0 Å². The summed E-state index contributed by atoms with van der Waals surface area (Å²) in [4.78, 5) is 2.25. The molecule has 2 aliphatic heterocycles. The van der Waals surface area contributed by atoms with Crippen LogP contribution in [0.4, 0.5) is 0 Å². The second-order valence-corrected chi connectivity index (χ2v) is 5.80. The number of benzene rings is 1. The van der Waals surface area contributed by atoms with E-state index >= 15 is 0 Å². The molecule has 2 aliphatic rings. The Balaban J connectivity index is 1.72. The van der Waals surface area contributed by atoms with Gasteiger partial charge in [-0.1, -0.05) is 30.3 Å². The lowest BCUT2D eigenvalue weighted by Crippen LogP contribution is -2.40. The van der Waals surface area contributed by atoms with Crippen molar-refractivity contribution in [3.8, 4) is 0 Å². The van der Waals surface area contributed by atoms with Gasteiger partial charge in [-0.25, -0.2) is 0 Å². The monoisotopic (exact) mass is 263 g/mol. The quantitative estimate of drug-likeness (QED) is 0.894. The number of aliphatic hydroxyl groups excluding tert-OH is 1. The molecule has 3 atom stereocenters. The van der Waals surface area contributed by atoms with Crippen molar-refractivity contribution in [2.24, 2.45) is 0 Å². The van der Waals surface area contributed by atoms with E-state index in [1.54, 1.807) is 0 Å². The van der Waals surface area contributed by atoms with E-state index in [1.165, 1.54) is 5.56 Å². The van der Waals surface area contributed by atoms with E-state index in [0.717, 1.165) is 13.1 Å². The van der Waals surface area contributed by atoms with E-state index in [9.17, 15) is 5.11 Å². The second kappa shape index (κ2) is 4.87. The van der Waals surface area contributed by atoms with Gasteiger partial charge in [0, 0.05) is 13.1 Å². The molecule has 1 N–H and O–H groups in total.